The molecule has 16 heteroatoms. The lowest BCUT2D eigenvalue weighted by molar-refractivity contribution is 0.411. The SMILES string of the molecule is BrC1=C(Br)C(Br)C2(Br)C(=C1Br)C(Br)(C(Br)(Br)C(Br)(Br)c1cccc3ccccc13)C(Br)(Br)C(Br)(Br)C2(Br)Br. The Labute approximate surface area is 355 Å². The number of benzene rings is 2. The van der Waals surface area contributed by atoms with Crippen LogP contribution in [0, 0.1) is 0 Å². The van der Waals surface area contributed by atoms with Crippen LogP contribution in [0.2, 0.25) is 0 Å². The zero-order valence-corrected chi connectivity index (χ0v) is 43.0. The lowest BCUT2D eigenvalue weighted by Gasteiger charge is -2.68. The van der Waals surface area contributed by atoms with Gasteiger partial charge in [0.15, 0.2) is 0 Å². The molecule has 3 atom stereocenters. The number of rotatable bonds is 3. The molecule has 38 heavy (non-hydrogen) atoms. The topological polar surface area (TPSA) is 0 Å². The van der Waals surface area contributed by atoms with Crippen molar-refractivity contribution < 1.29 is 0 Å². The van der Waals surface area contributed by atoms with E-state index in [1.54, 1.807) is 0 Å². The predicted molar refractivity (Wildman–Crippen MR) is 223 cm³/mol. The molecule has 0 saturated heterocycles. The van der Waals surface area contributed by atoms with Crippen molar-refractivity contribution in [3.8, 4) is 0 Å². The minimum Gasteiger partial charge on any atom is -0.0813 e. The summed E-state index contributed by atoms with van der Waals surface area (Å²) in [6.45, 7) is 0. The van der Waals surface area contributed by atoms with Crippen LogP contribution in [0.3, 0.4) is 0 Å². The number of alkyl halides is 13. The zero-order valence-electron chi connectivity index (χ0n) is 17.7. The molecule has 3 unspecified atom stereocenters. The van der Waals surface area contributed by atoms with E-state index >= 15 is 0 Å². The first-order chi connectivity index (χ1) is 17.1. The highest BCUT2D eigenvalue weighted by molar-refractivity contribution is 9.34. The number of fused-ring (bicyclic) bond motifs is 2. The molecule has 1 fully saturated rings. The molecule has 0 bridgehead atoms. The van der Waals surface area contributed by atoms with Gasteiger partial charge in [0, 0.05) is 13.4 Å². The molecule has 4 rings (SSSR count). The smallest absolute Gasteiger partial charge is 0.0813 e. The van der Waals surface area contributed by atoms with Gasteiger partial charge in [0.05, 0.1) is 9.15 Å². The molecular weight excluding hydrogens is 1540 g/mol. The van der Waals surface area contributed by atoms with Gasteiger partial charge in [0.25, 0.3) is 0 Å². The summed E-state index contributed by atoms with van der Waals surface area (Å²) < 4.78 is -3.83. The summed E-state index contributed by atoms with van der Waals surface area (Å²) in [7, 11) is 0. The third kappa shape index (κ3) is 4.78. The van der Waals surface area contributed by atoms with Gasteiger partial charge < -0.3 is 0 Å². The first-order valence-corrected chi connectivity index (χ1v) is 22.8. The summed E-state index contributed by atoms with van der Waals surface area (Å²) in [6, 6.07) is 14.6. The monoisotopic (exact) mass is 1530 g/mol. The van der Waals surface area contributed by atoms with Crippen LogP contribution in [0.25, 0.3) is 10.8 Å². The van der Waals surface area contributed by atoms with Crippen LogP contribution in [-0.4, -0.2) is 26.4 Å². The highest BCUT2D eigenvalue weighted by Crippen LogP contribution is 2.84. The second-order valence-electron chi connectivity index (χ2n) is 8.48. The molecule has 2 aliphatic rings. The first-order valence-electron chi connectivity index (χ1n) is 9.95. The molecule has 208 valence electrons. The molecule has 0 aromatic heterocycles. The summed E-state index contributed by atoms with van der Waals surface area (Å²) in [5.41, 5.74) is 1.96. The largest absolute Gasteiger partial charge is 0.134 e. The molecule has 0 nitrogen and oxygen atoms in total. The maximum atomic E-state index is 4.31. The van der Waals surface area contributed by atoms with Crippen molar-refractivity contribution in [1.82, 2.24) is 0 Å². The Morgan fingerprint density at radius 3 is 1.74 bits per heavy atom. The first kappa shape index (κ1) is 36.7. The van der Waals surface area contributed by atoms with E-state index in [4.69, 9.17) is 0 Å². The van der Waals surface area contributed by atoms with Crippen LogP contribution in [0.1, 0.15) is 5.56 Å². The number of hydrogen-bond acceptors (Lipinski definition) is 0. The molecule has 0 amide bonds. The molecule has 2 aromatic carbocycles. The van der Waals surface area contributed by atoms with E-state index in [1.807, 2.05) is 12.1 Å². The number of halogens is 16. The van der Waals surface area contributed by atoms with Crippen molar-refractivity contribution >= 4 is 266 Å². The normalized spacial score (nSPS) is 31.0. The van der Waals surface area contributed by atoms with Crippen LogP contribution in [0.4, 0.5) is 0 Å². The second kappa shape index (κ2) is 12.1. The quantitative estimate of drug-likeness (QED) is 0.269. The molecule has 0 radical (unpaired) electrons. The van der Waals surface area contributed by atoms with Crippen LogP contribution in [0.5, 0.6) is 0 Å². The second-order valence-corrected chi connectivity index (χ2v) is 31.5. The van der Waals surface area contributed by atoms with Crippen molar-refractivity contribution in [3.05, 3.63) is 67.0 Å². The molecule has 0 aliphatic heterocycles. The molecular formula is C22H8Br16. The van der Waals surface area contributed by atoms with Crippen LogP contribution in [-0.2, 0) is 3.23 Å². The maximum absolute atomic E-state index is 4.31. The standard InChI is InChI=1S/C22H8Br16/c23-11-12(24)14-16(27,15(26)13(11)25)19(31,32)22(37,38)21(35,36)17(14,28)20(33,34)18(29,30)10-7-3-5-8-4-1-2-6-9(8)10/h1-7,15H. The van der Waals surface area contributed by atoms with E-state index in [1.165, 1.54) is 0 Å². The predicted octanol–water partition coefficient (Wildman–Crippen LogP) is 15.4. The van der Waals surface area contributed by atoms with Crippen molar-refractivity contribution in [1.29, 1.82) is 0 Å². The fourth-order valence-corrected chi connectivity index (χ4v) is 22.2. The number of allylic oxidation sites excluding steroid dienone is 4. The van der Waals surface area contributed by atoms with E-state index in [2.05, 4.69) is 285 Å². The summed E-state index contributed by atoms with van der Waals surface area (Å²) >= 11 is 65.1. The average molecular weight is 1550 g/mol. The fraction of sp³-hybridized carbons (Fsp3) is 0.364. The summed E-state index contributed by atoms with van der Waals surface area (Å²) in [4.78, 5) is -0.240. The molecule has 1 saturated carbocycles. The minimum absolute atomic E-state index is 0.240. The van der Waals surface area contributed by atoms with Crippen molar-refractivity contribution in [2.45, 2.75) is 29.6 Å². The molecule has 0 spiro atoms. The highest BCUT2D eigenvalue weighted by atomic mass is 79.9. The third-order valence-electron chi connectivity index (χ3n) is 6.54. The van der Waals surface area contributed by atoms with Crippen molar-refractivity contribution in [3.63, 3.8) is 0 Å². The molecule has 0 heterocycles. The lowest BCUT2D eigenvalue weighted by Crippen LogP contribution is -2.79. The third-order valence-corrected chi connectivity index (χ3v) is 36.7. The van der Waals surface area contributed by atoms with Gasteiger partial charge >= 0.3 is 0 Å². The summed E-state index contributed by atoms with van der Waals surface area (Å²) in [6.07, 6.45) is 0. The Hall–Kier alpha value is 5.86. The van der Waals surface area contributed by atoms with Crippen LogP contribution >= 0.6 is 255 Å². The van der Waals surface area contributed by atoms with Gasteiger partial charge in [-0.15, -0.1) is 0 Å². The Morgan fingerprint density at radius 1 is 0.632 bits per heavy atom. The summed E-state index contributed by atoms with van der Waals surface area (Å²) in [5.74, 6) is 0. The van der Waals surface area contributed by atoms with Crippen molar-refractivity contribution in [2.75, 3.05) is 0 Å². The van der Waals surface area contributed by atoms with Gasteiger partial charge in [0.2, 0.25) is 0 Å². The maximum Gasteiger partial charge on any atom is 0.134 e. The van der Waals surface area contributed by atoms with E-state index < -0.39 is 24.8 Å². The lowest BCUT2D eigenvalue weighted by atomic mass is 9.70. The van der Waals surface area contributed by atoms with E-state index in [0.29, 0.717) is 0 Å². The summed E-state index contributed by atoms with van der Waals surface area (Å²) in [5, 5.41) is 2.22. The zero-order chi connectivity index (χ0) is 29.1. The minimum atomic E-state index is -1.02. The van der Waals surface area contributed by atoms with E-state index in [0.717, 1.165) is 35.4 Å². The van der Waals surface area contributed by atoms with E-state index in [9.17, 15) is 0 Å². The Bertz CT molecular complexity index is 1380. The van der Waals surface area contributed by atoms with Gasteiger partial charge in [-0.1, -0.05) is 265 Å². The highest BCUT2D eigenvalue weighted by Gasteiger charge is 2.85. The van der Waals surface area contributed by atoms with Gasteiger partial charge in [-0.25, -0.2) is 0 Å². The number of hydrogen-bond donors (Lipinski definition) is 0. The Kier molecular flexibility index (Phi) is 11.7. The van der Waals surface area contributed by atoms with E-state index in [-0.39, 0.29) is 4.83 Å². The van der Waals surface area contributed by atoms with Gasteiger partial charge in [-0.05, 0) is 53.8 Å². The Morgan fingerprint density at radius 2 is 1.16 bits per heavy atom. The van der Waals surface area contributed by atoms with Crippen LogP contribution < -0.4 is 0 Å². The Balaban J connectivity index is 2.17. The van der Waals surface area contributed by atoms with Gasteiger partial charge in [-0.3, -0.25) is 0 Å². The average Bonchev–Trinajstić information content (AvgIpc) is 2.84. The van der Waals surface area contributed by atoms with Crippen LogP contribution in [0.15, 0.2) is 61.5 Å². The fourth-order valence-electron chi connectivity index (χ4n) is 4.54. The molecule has 0 N–H and O–H groups in total. The van der Waals surface area contributed by atoms with Crippen molar-refractivity contribution in [2.24, 2.45) is 0 Å². The molecule has 2 aliphatic carbocycles. The van der Waals surface area contributed by atoms with Gasteiger partial charge in [-0.2, -0.15) is 0 Å². The van der Waals surface area contributed by atoms with Gasteiger partial charge in [0.1, 0.15) is 20.5 Å². The molecule has 2 aromatic rings.